The van der Waals surface area contributed by atoms with E-state index in [1.807, 2.05) is 12.1 Å². The van der Waals surface area contributed by atoms with Crippen molar-refractivity contribution in [3.63, 3.8) is 0 Å². The van der Waals surface area contributed by atoms with E-state index in [-0.39, 0.29) is 5.91 Å². The summed E-state index contributed by atoms with van der Waals surface area (Å²) in [5.41, 5.74) is 2.15. The Hall–Kier alpha value is -0.910. The second-order valence-electron chi connectivity index (χ2n) is 4.20. The summed E-state index contributed by atoms with van der Waals surface area (Å²) in [5.74, 6) is 4.89. The van der Waals surface area contributed by atoms with Crippen LogP contribution >= 0.6 is 11.3 Å². The molecule has 2 rings (SSSR count). The zero-order chi connectivity index (χ0) is 11.5. The Balaban J connectivity index is 1.99. The van der Waals surface area contributed by atoms with Crippen LogP contribution in [0.2, 0.25) is 0 Å². The number of thiophene rings is 1. The van der Waals surface area contributed by atoms with Gasteiger partial charge < -0.3 is 0 Å². The topological polar surface area (TPSA) is 58.4 Å². The lowest BCUT2D eigenvalue weighted by Crippen LogP contribution is -2.29. The van der Waals surface area contributed by atoms with E-state index in [1.54, 1.807) is 0 Å². The van der Waals surface area contributed by atoms with Gasteiger partial charge in [0.1, 0.15) is 0 Å². The molecule has 1 aromatic heterocycles. The maximum absolute atomic E-state index is 11.3. The number of carbonyl (C=O) groups is 1. The largest absolute Gasteiger partial charge is 0.296 e. The summed E-state index contributed by atoms with van der Waals surface area (Å²) >= 11 is 1.52. The first-order chi connectivity index (χ1) is 7.70. The Kier molecular flexibility index (Phi) is 3.58. The number of likely N-dealkylation sites (tertiary alicyclic amines) is 1. The summed E-state index contributed by atoms with van der Waals surface area (Å²) in [5, 5.41) is 0. The Morgan fingerprint density at radius 2 is 2.50 bits per heavy atom. The lowest BCUT2D eigenvalue weighted by atomic mass is 10.2. The lowest BCUT2D eigenvalue weighted by molar-refractivity contribution is 0.0957. The van der Waals surface area contributed by atoms with E-state index in [9.17, 15) is 4.79 Å². The fourth-order valence-electron chi connectivity index (χ4n) is 2.08. The smallest absolute Gasteiger partial charge is 0.275 e. The highest BCUT2D eigenvalue weighted by molar-refractivity contribution is 7.14. The number of nitrogens with one attached hydrogen (secondary N) is 1. The minimum absolute atomic E-state index is 0.203. The highest BCUT2D eigenvalue weighted by atomic mass is 32.1. The van der Waals surface area contributed by atoms with E-state index < -0.39 is 0 Å². The molecule has 88 valence electrons. The van der Waals surface area contributed by atoms with Crippen molar-refractivity contribution in [3.8, 4) is 0 Å². The summed E-state index contributed by atoms with van der Waals surface area (Å²) in [7, 11) is 0. The normalized spacial score (nSPS) is 21.2. The van der Waals surface area contributed by atoms with Crippen LogP contribution in [0.3, 0.4) is 0 Å². The van der Waals surface area contributed by atoms with Crippen molar-refractivity contribution in [3.05, 3.63) is 21.9 Å². The minimum atomic E-state index is -0.203. The van der Waals surface area contributed by atoms with Crippen LogP contribution in [0.1, 0.15) is 34.3 Å². The molecule has 4 nitrogen and oxygen atoms in total. The number of carbonyl (C=O) groups excluding carboxylic acids is 1. The van der Waals surface area contributed by atoms with Gasteiger partial charge in [0.05, 0.1) is 4.88 Å². The van der Waals surface area contributed by atoms with Crippen molar-refractivity contribution in [1.29, 1.82) is 0 Å². The molecule has 0 radical (unpaired) electrons. The summed E-state index contributed by atoms with van der Waals surface area (Å²) in [6.07, 6.45) is 2.56. The molecule has 1 atom stereocenters. The van der Waals surface area contributed by atoms with Crippen molar-refractivity contribution in [2.75, 3.05) is 6.54 Å². The molecule has 1 aliphatic heterocycles. The van der Waals surface area contributed by atoms with Crippen LogP contribution in [0.4, 0.5) is 0 Å². The molecule has 0 saturated carbocycles. The van der Waals surface area contributed by atoms with Gasteiger partial charge in [-0.25, -0.2) is 5.84 Å². The number of nitrogens with two attached hydrogens (primary N) is 1. The van der Waals surface area contributed by atoms with Gasteiger partial charge in [-0.15, -0.1) is 11.3 Å². The number of hydrogen-bond acceptors (Lipinski definition) is 4. The van der Waals surface area contributed by atoms with E-state index in [2.05, 4.69) is 17.2 Å². The fraction of sp³-hybridized carbons (Fsp3) is 0.545. The van der Waals surface area contributed by atoms with Crippen molar-refractivity contribution >= 4 is 17.2 Å². The Labute approximate surface area is 99.4 Å². The predicted octanol–water partition coefficient (Wildman–Crippen LogP) is 1.34. The minimum Gasteiger partial charge on any atom is -0.296 e. The van der Waals surface area contributed by atoms with Crippen LogP contribution < -0.4 is 11.3 Å². The van der Waals surface area contributed by atoms with Crippen molar-refractivity contribution in [2.45, 2.75) is 32.4 Å². The fourth-order valence-corrected chi connectivity index (χ4v) is 3.02. The third kappa shape index (κ3) is 2.42. The van der Waals surface area contributed by atoms with Crippen molar-refractivity contribution in [1.82, 2.24) is 10.3 Å². The Bertz CT molecular complexity index is 377. The first-order valence-corrected chi connectivity index (χ1v) is 6.36. The monoisotopic (exact) mass is 239 g/mol. The number of rotatable bonds is 3. The van der Waals surface area contributed by atoms with Gasteiger partial charge >= 0.3 is 0 Å². The van der Waals surface area contributed by atoms with Crippen molar-refractivity contribution < 1.29 is 4.79 Å². The van der Waals surface area contributed by atoms with Crippen LogP contribution in [0.15, 0.2) is 12.1 Å². The molecule has 1 saturated heterocycles. The van der Waals surface area contributed by atoms with Crippen LogP contribution in [-0.4, -0.2) is 23.4 Å². The molecule has 16 heavy (non-hydrogen) atoms. The lowest BCUT2D eigenvalue weighted by Gasteiger charge is -2.19. The summed E-state index contributed by atoms with van der Waals surface area (Å²) in [6, 6.07) is 4.51. The third-order valence-corrected chi connectivity index (χ3v) is 4.13. The molecule has 0 aliphatic carbocycles. The van der Waals surface area contributed by atoms with Gasteiger partial charge in [-0.1, -0.05) is 0 Å². The van der Waals surface area contributed by atoms with E-state index in [0.29, 0.717) is 10.9 Å². The first-order valence-electron chi connectivity index (χ1n) is 5.54. The quantitative estimate of drug-likeness (QED) is 0.475. The zero-order valence-corrected chi connectivity index (χ0v) is 10.2. The van der Waals surface area contributed by atoms with Gasteiger partial charge in [0.2, 0.25) is 0 Å². The molecule has 3 N–H and O–H groups in total. The molecule has 0 aromatic carbocycles. The van der Waals surface area contributed by atoms with Gasteiger partial charge in [0.25, 0.3) is 5.91 Å². The number of nitrogens with zero attached hydrogens (tertiary/aromatic N) is 1. The third-order valence-electron chi connectivity index (χ3n) is 3.07. The average molecular weight is 239 g/mol. The van der Waals surface area contributed by atoms with E-state index in [1.165, 1.54) is 29.1 Å². The Morgan fingerprint density at radius 3 is 3.12 bits per heavy atom. The molecule has 5 heteroatoms. The molecule has 0 spiro atoms. The van der Waals surface area contributed by atoms with Crippen LogP contribution in [0.25, 0.3) is 0 Å². The first kappa shape index (κ1) is 11.6. The van der Waals surface area contributed by atoms with E-state index in [4.69, 9.17) is 5.84 Å². The maximum Gasteiger partial charge on any atom is 0.275 e. The van der Waals surface area contributed by atoms with Crippen LogP contribution in [0.5, 0.6) is 0 Å². The van der Waals surface area contributed by atoms with Gasteiger partial charge in [0.15, 0.2) is 0 Å². The molecular weight excluding hydrogens is 222 g/mol. The Morgan fingerprint density at radius 1 is 1.69 bits per heavy atom. The van der Waals surface area contributed by atoms with Gasteiger partial charge in [-0.05, 0) is 38.4 Å². The predicted molar refractivity (Wildman–Crippen MR) is 65.1 cm³/mol. The molecular formula is C11H17N3OS. The van der Waals surface area contributed by atoms with E-state index >= 15 is 0 Å². The highest BCUT2D eigenvalue weighted by Gasteiger charge is 2.20. The van der Waals surface area contributed by atoms with Crippen molar-refractivity contribution in [2.24, 2.45) is 5.84 Å². The molecule has 2 heterocycles. The standard InChI is InChI=1S/C11H17N3OS/c1-8-3-2-6-14(8)7-9-4-5-10(16-9)11(15)13-12/h4-5,8H,2-3,6-7,12H2,1H3,(H,13,15). The number of amides is 1. The second-order valence-corrected chi connectivity index (χ2v) is 5.37. The summed E-state index contributed by atoms with van der Waals surface area (Å²) in [6.45, 7) is 4.37. The molecule has 1 amide bonds. The van der Waals surface area contributed by atoms with Crippen LogP contribution in [-0.2, 0) is 6.54 Å². The number of nitrogen functional groups attached to an aromatic ring is 1. The number of hydrazine groups is 1. The number of hydrogen-bond donors (Lipinski definition) is 2. The van der Waals surface area contributed by atoms with Gasteiger partial charge in [0, 0.05) is 17.5 Å². The van der Waals surface area contributed by atoms with Gasteiger partial charge in [-0.3, -0.25) is 15.1 Å². The second kappa shape index (κ2) is 4.95. The highest BCUT2D eigenvalue weighted by Crippen LogP contribution is 2.23. The zero-order valence-electron chi connectivity index (χ0n) is 9.40. The molecule has 1 fully saturated rings. The van der Waals surface area contributed by atoms with Gasteiger partial charge in [-0.2, -0.15) is 0 Å². The molecule has 0 bridgehead atoms. The van der Waals surface area contributed by atoms with Crippen LogP contribution in [0, 0.1) is 0 Å². The SMILES string of the molecule is CC1CCCN1Cc1ccc(C(=O)NN)s1. The molecule has 1 unspecified atom stereocenters. The maximum atomic E-state index is 11.3. The molecule has 1 aliphatic rings. The molecule has 1 aromatic rings. The van der Waals surface area contributed by atoms with E-state index in [0.717, 1.165) is 13.1 Å². The summed E-state index contributed by atoms with van der Waals surface area (Å²) < 4.78 is 0. The summed E-state index contributed by atoms with van der Waals surface area (Å²) in [4.78, 5) is 15.7. The average Bonchev–Trinajstić information content (AvgIpc) is 2.89.